The normalized spacial score (nSPS) is 11.0. The van der Waals surface area contributed by atoms with Crippen LogP contribution < -0.4 is 0 Å². The van der Waals surface area contributed by atoms with E-state index in [2.05, 4.69) is 11.6 Å². The molecule has 0 atom stereocenters. The van der Waals surface area contributed by atoms with E-state index in [4.69, 9.17) is 39.5 Å². The largest absolute Gasteiger partial charge is 0.371 e. The summed E-state index contributed by atoms with van der Waals surface area (Å²) in [6, 6.07) is 1.66. The van der Waals surface area contributed by atoms with E-state index in [0.29, 0.717) is 34.1 Å². The highest BCUT2D eigenvalue weighted by Gasteiger charge is 2.12. The quantitative estimate of drug-likeness (QED) is 0.629. The number of fused-ring (bicyclic) bond motifs is 1. The SMILES string of the molecule is C=CCOCc1c(Cl)nc2cc(Cl)c(Cl)cn12. The van der Waals surface area contributed by atoms with Gasteiger partial charge in [-0.15, -0.1) is 6.58 Å². The van der Waals surface area contributed by atoms with Crippen molar-refractivity contribution in [2.24, 2.45) is 0 Å². The van der Waals surface area contributed by atoms with Crippen molar-refractivity contribution in [2.75, 3.05) is 6.61 Å². The molecule has 6 heteroatoms. The number of rotatable bonds is 4. The van der Waals surface area contributed by atoms with Gasteiger partial charge in [0.2, 0.25) is 0 Å². The van der Waals surface area contributed by atoms with Gasteiger partial charge >= 0.3 is 0 Å². The van der Waals surface area contributed by atoms with Crippen molar-refractivity contribution in [3.05, 3.63) is 45.8 Å². The van der Waals surface area contributed by atoms with Crippen LogP contribution in [0, 0.1) is 0 Å². The Hall–Kier alpha value is -0.740. The third-order valence-corrected chi connectivity index (χ3v) is 3.20. The smallest absolute Gasteiger partial charge is 0.153 e. The summed E-state index contributed by atoms with van der Waals surface area (Å²) in [7, 11) is 0. The lowest BCUT2D eigenvalue weighted by Crippen LogP contribution is -1.98. The van der Waals surface area contributed by atoms with Gasteiger partial charge in [-0.1, -0.05) is 40.9 Å². The predicted octanol–water partition coefficient (Wildman–Crippen LogP) is 4.00. The van der Waals surface area contributed by atoms with Crippen molar-refractivity contribution in [2.45, 2.75) is 6.61 Å². The lowest BCUT2D eigenvalue weighted by atomic mass is 10.4. The van der Waals surface area contributed by atoms with Crippen molar-refractivity contribution >= 4 is 40.4 Å². The molecular formula is C11H9Cl3N2O. The van der Waals surface area contributed by atoms with Crippen molar-refractivity contribution < 1.29 is 4.74 Å². The molecule has 0 unspecified atom stereocenters. The average Bonchev–Trinajstić information content (AvgIpc) is 2.57. The summed E-state index contributed by atoms with van der Waals surface area (Å²) in [6.45, 7) is 4.36. The molecule has 17 heavy (non-hydrogen) atoms. The van der Waals surface area contributed by atoms with Crippen LogP contribution >= 0.6 is 34.8 Å². The third kappa shape index (κ3) is 2.58. The highest BCUT2D eigenvalue weighted by molar-refractivity contribution is 6.42. The fourth-order valence-corrected chi connectivity index (χ4v) is 1.96. The zero-order chi connectivity index (χ0) is 12.4. The predicted molar refractivity (Wildman–Crippen MR) is 70.1 cm³/mol. The molecule has 2 aromatic heterocycles. The minimum Gasteiger partial charge on any atom is -0.371 e. The molecule has 0 saturated heterocycles. The van der Waals surface area contributed by atoms with Crippen molar-refractivity contribution in [1.82, 2.24) is 9.38 Å². The van der Waals surface area contributed by atoms with Crippen LogP contribution in [-0.4, -0.2) is 16.0 Å². The Bertz CT molecular complexity index is 565. The average molecular weight is 292 g/mol. The number of pyridine rings is 1. The van der Waals surface area contributed by atoms with E-state index in [1.54, 1.807) is 22.7 Å². The first-order valence-electron chi connectivity index (χ1n) is 4.83. The minimum atomic E-state index is 0.337. The van der Waals surface area contributed by atoms with Crippen LogP contribution in [0.4, 0.5) is 0 Å². The van der Waals surface area contributed by atoms with Gasteiger partial charge in [0.1, 0.15) is 5.65 Å². The lowest BCUT2D eigenvalue weighted by Gasteiger charge is -2.03. The Kier molecular flexibility index (Phi) is 3.94. The van der Waals surface area contributed by atoms with Crippen LogP contribution in [0.15, 0.2) is 24.9 Å². The summed E-state index contributed by atoms with van der Waals surface area (Å²) >= 11 is 17.9. The van der Waals surface area contributed by atoms with Crippen LogP contribution in [0.5, 0.6) is 0 Å². The summed E-state index contributed by atoms with van der Waals surface area (Å²) in [5.74, 6) is 0. The standard InChI is InChI=1S/C11H9Cl3N2O/c1-2-3-17-6-9-11(14)15-10-4-7(12)8(13)5-16(9)10/h2,4-5H,1,3,6H2. The fourth-order valence-electron chi connectivity index (χ4n) is 1.43. The number of nitrogens with zero attached hydrogens (tertiary/aromatic N) is 2. The van der Waals surface area contributed by atoms with Crippen LogP contribution in [0.25, 0.3) is 5.65 Å². The van der Waals surface area contributed by atoms with E-state index in [1.165, 1.54) is 0 Å². The molecule has 0 spiro atoms. The molecule has 0 radical (unpaired) electrons. The third-order valence-electron chi connectivity index (χ3n) is 2.19. The van der Waals surface area contributed by atoms with Gasteiger partial charge < -0.3 is 4.74 Å². The maximum absolute atomic E-state index is 6.03. The number of hydrogen-bond donors (Lipinski definition) is 0. The first-order chi connectivity index (χ1) is 8.13. The zero-order valence-corrected chi connectivity index (χ0v) is 11.1. The monoisotopic (exact) mass is 290 g/mol. The van der Waals surface area contributed by atoms with Gasteiger partial charge in [0.15, 0.2) is 5.15 Å². The molecule has 2 aromatic rings. The molecule has 3 nitrogen and oxygen atoms in total. The minimum absolute atomic E-state index is 0.337. The number of aromatic nitrogens is 2. The molecule has 0 aliphatic carbocycles. The first-order valence-corrected chi connectivity index (χ1v) is 5.97. The number of halogens is 3. The summed E-state index contributed by atoms with van der Waals surface area (Å²) < 4.78 is 7.11. The Morgan fingerprint density at radius 3 is 2.82 bits per heavy atom. The van der Waals surface area contributed by atoms with E-state index in [9.17, 15) is 0 Å². The van der Waals surface area contributed by atoms with Gasteiger partial charge in [0.05, 0.1) is 29.0 Å². The van der Waals surface area contributed by atoms with Crippen molar-refractivity contribution in [3.8, 4) is 0 Å². The molecule has 0 fully saturated rings. The second kappa shape index (κ2) is 5.27. The molecule has 90 valence electrons. The Labute approximate surface area is 114 Å². The number of hydrogen-bond acceptors (Lipinski definition) is 2. The Balaban J connectivity index is 2.43. The summed E-state index contributed by atoms with van der Waals surface area (Å²) in [4.78, 5) is 4.17. The summed E-state index contributed by atoms with van der Waals surface area (Å²) in [5.41, 5.74) is 1.38. The molecule has 2 heterocycles. The molecule has 0 amide bonds. The van der Waals surface area contributed by atoms with E-state index in [1.807, 2.05) is 0 Å². The van der Waals surface area contributed by atoms with Gasteiger partial charge in [-0.2, -0.15) is 0 Å². The van der Waals surface area contributed by atoms with Crippen LogP contribution in [0.3, 0.4) is 0 Å². The number of imidazole rings is 1. The molecule has 0 aromatic carbocycles. The molecule has 2 rings (SSSR count). The van der Waals surface area contributed by atoms with Gasteiger partial charge in [-0.05, 0) is 0 Å². The Morgan fingerprint density at radius 2 is 2.12 bits per heavy atom. The van der Waals surface area contributed by atoms with Gasteiger partial charge in [-0.3, -0.25) is 4.40 Å². The van der Waals surface area contributed by atoms with E-state index < -0.39 is 0 Å². The molecule has 0 N–H and O–H groups in total. The topological polar surface area (TPSA) is 26.5 Å². The maximum Gasteiger partial charge on any atom is 0.153 e. The first kappa shape index (κ1) is 12.7. The second-order valence-corrected chi connectivity index (χ2v) is 4.52. The van der Waals surface area contributed by atoms with E-state index >= 15 is 0 Å². The lowest BCUT2D eigenvalue weighted by molar-refractivity contribution is 0.145. The van der Waals surface area contributed by atoms with E-state index in [0.717, 1.165) is 5.69 Å². The molecule has 0 aliphatic rings. The number of ether oxygens (including phenoxy) is 1. The van der Waals surface area contributed by atoms with Gasteiger partial charge in [0, 0.05) is 12.3 Å². The molecule has 0 aliphatic heterocycles. The summed E-state index contributed by atoms with van der Waals surface area (Å²) in [6.07, 6.45) is 3.34. The fraction of sp³-hybridized carbons (Fsp3) is 0.182. The maximum atomic E-state index is 6.03. The van der Waals surface area contributed by atoms with Crippen molar-refractivity contribution in [3.63, 3.8) is 0 Å². The van der Waals surface area contributed by atoms with E-state index in [-0.39, 0.29) is 0 Å². The van der Waals surface area contributed by atoms with Crippen LogP contribution in [-0.2, 0) is 11.3 Å². The Morgan fingerprint density at radius 1 is 1.35 bits per heavy atom. The van der Waals surface area contributed by atoms with Crippen LogP contribution in [0.1, 0.15) is 5.69 Å². The zero-order valence-electron chi connectivity index (χ0n) is 8.79. The van der Waals surface area contributed by atoms with Gasteiger partial charge in [-0.25, -0.2) is 4.98 Å². The van der Waals surface area contributed by atoms with Crippen molar-refractivity contribution in [1.29, 1.82) is 0 Å². The second-order valence-electron chi connectivity index (χ2n) is 3.35. The summed E-state index contributed by atoms with van der Waals surface area (Å²) in [5, 5.41) is 1.27. The highest BCUT2D eigenvalue weighted by atomic mass is 35.5. The molecule has 0 bridgehead atoms. The van der Waals surface area contributed by atoms with Crippen LogP contribution in [0.2, 0.25) is 15.2 Å². The highest BCUT2D eigenvalue weighted by Crippen LogP contribution is 2.26. The molecular weight excluding hydrogens is 282 g/mol. The molecule has 0 saturated carbocycles. The van der Waals surface area contributed by atoms with Gasteiger partial charge in [0.25, 0.3) is 0 Å².